The molecule has 0 saturated carbocycles. The maximum Gasteiger partial charge on any atom is 0.313 e. The van der Waals surface area contributed by atoms with E-state index in [9.17, 15) is 4.79 Å². The van der Waals surface area contributed by atoms with Crippen LogP contribution in [0, 0.1) is 5.92 Å². The van der Waals surface area contributed by atoms with Gasteiger partial charge in [0.25, 0.3) is 0 Å². The van der Waals surface area contributed by atoms with Gasteiger partial charge in [-0.2, -0.15) is 0 Å². The molecule has 2 nitrogen and oxygen atoms in total. The van der Waals surface area contributed by atoms with E-state index in [4.69, 9.17) is 4.74 Å². The van der Waals surface area contributed by atoms with E-state index < -0.39 is 0 Å². The van der Waals surface area contributed by atoms with Gasteiger partial charge in [0.15, 0.2) is 0 Å². The van der Waals surface area contributed by atoms with Crippen LogP contribution in [-0.2, 0) is 4.79 Å². The van der Waals surface area contributed by atoms with Gasteiger partial charge in [0, 0.05) is 0 Å². The average Bonchev–Trinajstić information content (AvgIpc) is 2.21. The molecule has 0 aliphatic heterocycles. The molecule has 0 heterocycles. The summed E-state index contributed by atoms with van der Waals surface area (Å²) >= 11 is 0. The largest absolute Gasteiger partial charge is 0.426 e. The fourth-order valence-corrected chi connectivity index (χ4v) is 1.07. The molecule has 0 amide bonds. The van der Waals surface area contributed by atoms with E-state index >= 15 is 0 Å². The molecule has 80 valence electrons. The van der Waals surface area contributed by atoms with Crippen LogP contribution in [0.15, 0.2) is 30.3 Å². The standard InChI is InChI=1S/C13H16O2/c1-4-5-11-6-8-12(9-7-11)15-13(14)10(2)3/h4-10H,1-3H3/b5-4+. The van der Waals surface area contributed by atoms with E-state index in [-0.39, 0.29) is 11.9 Å². The Balaban J connectivity index is 2.68. The number of carbonyl (C=O) groups excluding carboxylic acids is 1. The fraction of sp³-hybridized carbons (Fsp3) is 0.308. The number of ether oxygens (including phenoxy) is 1. The summed E-state index contributed by atoms with van der Waals surface area (Å²) in [5.41, 5.74) is 1.10. The Hall–Kier alpha value is -1.57. The molecule has 1 rings (SSSR count). The van der Waals surface area contributed by atoms with Crippen molar-refractivity contribution in [1.29, 1.82) is 0 Å². The van der Waals surface area contributed by atoms with Crippen molar-refractivity contribution in [3.8, 4) is 5.75 Å². The molecule has 0 saturated heterocycles. The smallest absolute Gasteiger partial charge is 0.313 e. The first-order valence-electron chi connectivity index (χ1n) is 5.08. The van der Waals surface area contributed by atoms with E-state index in [0.29, 0.717) is 5.75 Å². The minimum Gasteiger partial charge on any atom is -0.426 e. The first-order chi connectivity index (χ1) is 7.13. The topological polar surface area (TPSA) is 26.3 Å². The van der Waals surface area contributed by atoms with Crippen molar-refractivity contribution in [2.75, 3.05) is 0 Å². The first kappa shape index (κ1) is 11.5. The Morgan fingerprint density at radius 1 is 1.27 bits per heavy atom. The molecule has 0 unspecified atom stereocenters. The van der Waals surface area contributed by atoms with Crippen LogP contribution in [0.1, 0.15) is 26.3 Å². The highest BCUT2D eigenvalue weighted by atomic mass is 16.5. The van der Waals surface area contributed by atoms with Crippen LogP contribution in [0.4, 0.5) is 0 Å². The van der Waals surface area contributed by atoms with Gasteiger partial charge in [-0.15, -0.1) is 0 Å². The quantitative estimate of drug-likeness (QED) is 0.558. The second kappa shape index (κ2) is 5.35. The lowest BCUT2D eigenvalue weighted by Crippen LogP contribution is -2.14. The number of rotatable bonds is 3. The second-order valence-electron chi connectivity index (χ2n) is 3.64. The van der Waals surface area contributed by atoms with Crippen molar-refractivity contribution in [2.45, 2.75) is 20.8 Å². The normalized spacial score (nSPS) is 10.9. The number of hydrogen-bond donors (Lipinski definition) is 0. The van der Waals surface area contributed by atoms with Gasteiger partial charge in [0.05, 0.1) is 5.92 Å². The summed E-state index contributed by atoms with van der Waals surface area (Å²) in [6.07, 6.45) is 3.96. The summed E-state index contributed by atoms with van der Waals surface area (Å²) in [6, 6.07) is 7.44. The summed E-state index contributed by atoms with van der Waals surface area (Å²) in [6.45, 7) is 5.60. The molecule has 0 atom stereocenters. The van der Waals surface area contributed by atoms with E-state index in [2.05, 4.69) is 0 Å². The maximum atomic E-state index is 11.3. The number of esters is 1. The van der Waals surface area contributed by atoms with Crippen molar-refractivity contribution >= 4 is 12.0 Å². The highest BCUT2D eigenvalue weighted by molar-refractivity contribution is 5.74. The minimum atomic E-state index is -0.200. The van der Waals surface area contributed by atoms with E-state index in [1.807, 2.05) is 45.1 Å². The molecule has 0 bridgehead atoms. The summed E-state index contributed by atoms with van der Waals surface area (Å²) in [4.78, 5) is 11.3. The molecule has 2 heteroatoms. The molecule has 0 spiro atoms. The molecular formula is C13H16O2. The minimum absolute atomic E-state index is 0.0970. The van der Waals surface area contributed by atoms with Gasteiger partial charge in [0.1, 0.15) is 5.75 Å². The third-order valence-electron chi connectivity index (χ3n) is 1.93. The van der Waals surface area contributed by atoms with E-state index in [1.165, 1.54) is 0 Å². The molecule has 0 aliphatic rings. The zero-order chi connectivity index (χ0) is 11.3. The average molecular weight is 204 g/mol. The van der Waals surface area contributed by atoms with Gasteiger partial charge in [-0.25, -0.2) is 0 Å². The van der Waals surface area contributed by atoms with Crippen LogP contribution >= 0.6 is 0 Å². The van der Waals surface area contributed by atoms with Crippen molar-refractivity contribution < 1.29 is 9.53 Å². The molecule has 15 heavy (non-hydrogen) atoms. The predicted octanol–water partition coefficient (Wildman–Crippen LogP) is 3.28. The van der Waals surface area contributed by atoms with Crippen molar-refractivity contribution in [2.24, 2.45) is 5.92 Å². The Labute approximate surface area is 90.6 Å². The summed E-state index contributed by atoms with van der Waals surface area (Å²) in [5.74, 6) is 0.302. The van der Waals surface area contributed by atoms with Gasteiger partial charge in [-0.3, -0.25) is 4.79 Å². The van der Waals surface area contributed by atoms with Gasteiger partial charge >= 0.3 is 5.97 Å². The third kappa shape index (κ3) is 3.58. The summed E-state index contributed by atoms with van der Waals surface area (Å²) in [7, 11) is 0. The Bertz CT molecular complexity index is 347. The van der Waals surface area contributed by atoms with Crippen LogP contribution in [0.2, 0.25) is 0 Å². The Morgan fingerprint density at radius 3 is 2.33 bits per heavy atom. The van der Waals surface area contributed by atoms with Crippen LogP contribution in [-0.4, -0.2) is 5.97 Å². The monoisotopic (exact) mass is 204 g/mol. The van der Waals surface area contributed by atoms with Crippen molar-refractivity contribution in [3.63, 3.8) is 0 Å². The molecule has 1 aromatic rings. The Morgan fingerprint density at radius 2 is 1.87 bits per heavy atom. The molecule has 1 aromatic carbocycles. The number of benzene rings is 1. The molecular weight excluding hydrogens is 188 g/mol. The van der Waals surface area contributed by atoms with Gasteiger partial charge in [-0.05, 0) is 24.6 Å². The SMILES string of the molecule is C/C=C/c1ccc(OC(=O)C(C)C)cc1. The van der Waals surface area contributed by atoms with Crippen LogP contribution < -0.4 is 4.74 Å². The second-order valence-corrected chi connectivity index (χ2v) is 3.64. The molecule has 0 radical (unpaired) electrons. The van der Waals surface area contributed by atoms with Crippen LogP contribution in [0.3, 0.4) is 0 Å². The van der Waals surface area contributed by atoms with Gasteiger partial charge in [-0.1, -0.05) is 38.1 Å². The number of carbonyl (C=O) groups is 1. The Kier molecular flexibility index (Phi) is 4.10. The lowest BCUT2D eigenvalue weighted by atomic mass is 10.2. The zero-order valence-electron chi connectivity index (χ0n) is 9.36. The number of allylic oxidation sites excluding steroid dienone is 1. The number of hydrogen-bond acceptors (Lipinski definition) is 2. The molecule has 0 N–H and O–H groups in total. The molecule has 0 aliphatic carbocycles. The van der Waals surface area contributed by atoms with E-state index in [1.54, 1.807) is 12.1 Å². The van der Waals surface area contributed by atoms with Gasteiger partial charge in [0.2, 0.25) is 0 Å². The summed E-state index contributed by atoms with van der Waals surface area (Å²) < 4.78 is 5.15. The summed E-state index contributed by atoms with van der Waals surface area (Å²) in [5, 5.41) is 0. The zero-order valence-corrected chi connectivity index (χ0v) is 9.36. The lowest BCUT2D eigenvalue weighted by Gasteiger charge is -2.06. The fourth-order valence-electron chi connectivity index (χ4n) is 1.07. The highest BCUT2D eigenvalue weighted by Gasteiger charge is 2.08. The first-order valence-corrected chi connectivity index (χ1v) is 5.08. The highest BCUT2D eigenvalue weighted by Crippen LogP contribution is 2.14. The van der Waals surface area contributed by atoms with Crippen molar-refractivity contribution in [1.82, 2.24) is 0 Å². The third-order valence-corrected chi connectivity index (χ3v) is 1.93. The van der Waals surface area contributed by atoms with Crippen molar-refractivity contribution in [3.05, 3.63) is 35.9 Å². The molecule has 0 aromatic heterocycles. The lowest BCUT2D eigenvalue weighted by molar-refractivity contribution is -0.137. The van der Waals surface area contributed by atoms with Crippen LogP contribution in [0.5, 0.6) is 5.75 Å². The molecule has 0 fully saturated rings. The van der Waals surface area contributed by atoms with Gasteiger partial charge < -0.3 is 4.74 Å². The predicted molar refractivity (Wildman–Crippen MR) is 61.6 cm³/mol. The van der Waals surface area contributed by atoms with E-state index in [0.717, 1.165) is 5.56 Å². The van der Waals surface area contributed by atoms with Crippen LogP contribution in [0.25, 0.3) is 6.08 Å². The maximum absolute atomic E-state index is 11.3.